The summed E-state index contributed by atoms with van der Waals surface area (Å²) in [5.74, 6) is 1.48. The van der Waals surface area contributed by atoms with E-state index in [0.717, 1.165) is 22.6 Å². The molecule has 0 N–H and O–H groups in total. The fourth-order valence-corrected chi connectivity index (χ4v) is 3.33. The van der Waals surface area contributed by atoms with Gasteiger partial charge in [0.25, 0.3) is 0 Å². The molecule has 2 aromatic carbocycles. The van der Waals surface area contributed by atoms with Gasteiger partial charge in [-0.2, -0.15) is 0 Å². The maximum absolute atomic E-state index is 6.25. The fourth-order valence-electron chi connectivity index (χ4n) is 1.90. The summed E-state index contributed by atoms with van der Waals surface area (Å²) >= 11 is 15.8. The summed E-state index contributed by atoms with van der Waals surface area (Å²) in [6, 6.07) is 11.1. The Bertz CT molecular complexity index is 617. The molecular formula is C15H13BrCl2O2. The highest BCUT2D eigenvalue weighted by Crippen LogP contribution is 2.41. The first-order valence-corrected chi connectivity index (χ1v) is 7.55. The summed E-state index contributed by atoms with van der Waals surface area (Å²) in [6.07, 6.45) is 0. The van der Waals surface area contributed by atoms with E-state index in [-0.39, 0.29) is 4.83 Å². The highest BCUT2D eigenvalue weighted by atomic mass is 79.9. The van der Waals surface area contributed by atoms with Crippen molar-refractivity contribution in [3.63, 3.8) is 0 Å². The number of hydrogen-bond acceptors (Lipinski definition) is 2. The molecule has 1 unspecified atom stereocenters. The zero-order valence-corrected chi connectivity index (χ0v) is 14.1. The van der Waals surface area contributed by atoms with Gasteiger partial charge in [-0.15, -0.1) is 0 Å². The Labute approximate surface area is 136 Å². The summed E-state index contributed by atoms with van der Waals surface area (Å²) in [7, 11) is 3.25. The van der Waals surface area contributed by atoms with Crippen LogP contribution in [0, 0.1) is 0 Å². The number of alkyl halides is 1. The average Bonchev–Trinajstić information content (AvgIpc) is 2.46. The number of halogens is 3. The van der Waals surface area contributed by atoms with Crippen molar-refractivity contribution in [3.8, 4) is 11.5 Å². The van der Waals surface area contributed by atoms with Crippen LogP contribution in [0.5, 0.6) is 11.5 Å². The zero-order chi connectivity index (χ0) is 14.7. The molecule has 0 bridgehead atoms. The molecule has 20 heavy (non-hydrogen) atoms. The van der Waals surface area contributed by atoms with Gasteiger partial charge in [0.05, 0.1) is 19.0 Å². The number of hydrogen-bond donors (Lipinski definition) is 0. The topological polar surface area (TPSA) is 18.5 Å². The number of ether oxygens (including phenoxy) is 2. The van der Waals surface area contributed by atoms with E-state index in [1.807, 2.05) is 30.3 Å². The average molecular weight is 376 g/mol. The fraction of sp³-hybridized carbons (Fsp3) is 0.200. The van der Waals surface area contributed by atoms with E-state index in [1.165, 1.54) is 0 Å². The lowest BCUT2D eigenvalue weighted by Gasteiger charge is -2.17. The molecule has 1 atom stereocenters. The van der Waals surface area contributed by atoms with Gasteiger partial charge < -0.3 is 9.47 Å². The smallest absolute Gasteiger partial charge is 0.127 e. The molecule has 0 aliphatic carbocycles. The maximum atomic E-state index is 6.25. The van der Waals surface area contributed by atoms with Gasteiger partial charge in [-0.1, -0.05) is 51.3 Å². The number of methoxy groups -OCH3 is 2. The van der Waals surface area contributed by atoms with Crippen molar-refractivity contribution < 1.29 is 9.47 Å². The van der Waals surface area contributed by atoms with Crippen LogP contribution in [-0.2, 0) is 0 Å². The third kappa shape index (κ3) is 3.22. The van der Waals surface area contributed by atoms with Gasteiger partial charge in [-0.25, -0.2) is 0 Å². The van der Waals surface area contributed by atoms with Crippen LogP contribution in [0.3, 0.4) is 0 Å². The first-order valence-electron chi connectivity index (χ1n) is 5.87. The summed E-state index contributed by atoms with van der Waals surface area (Å²) in [6.45, 7) is 0. The van der Waals surface area contributed by atoms with Crippen molar-refractivity contribution in [1.29, 1.82) is 0 Å². The predicted octanol–water partition coefficient (Wildman–Crippen LogP) is 5.49. The van der Waals surface area contributed by atoms with Gasteiger partial charge in [-0.3, -0.25) is 0 Å². The minimum Gasteiger partial charge on any atom is -0.497 e. The van der Waals surface area contributed by atoms with E-state index in [1.54, 1.807) is 20.3 Å². The molecule has 106 valence electrons. The zero-order valence-electron chi connectivity index (χ0n) is 11.0. The van der Waals surface area contributed by atoms with Crippen LogP contribution in [0.15, 0.2) is 36.4 Å². The molecule has 2 rings (SSSR count). The van der Waals surface area contributed by atoms with E-state index < -0.39 is 0 Å². The van der Waals surface area contributed by atoms with Gasteiger partial charge in [0.1, 0.15) is 11.5 Å². The van der Waals surface area contributed by atoms with Crippen molar-refractivity contribution in [2.45, 2.75) is 4.83 Å². The van der Waals surface area contributed by atoms with Crippen molar-refractivity contribution in [3.05, 3.63) is 57.6 Å². The monoisotopic (exact) mass is 374 g/mol. The summed E-state index contributed by atoms with van der Waals surface area (Å²) < 4.78 is 10.6. The lowest BCUT2D eigenvalue weighted by atomic mass is 10.0. The third-order valence-corrected chi connectivity index (χ3v) is 4.50. The summed E-state index contributed by atoms with van der Waals surface area (Å²) in [4.78, 5) is -0.0897. The van der Waals surface area contributed by atoms with E-state index in [9.17, 15) is 0 Å². The Morgan fingerprint density at radius 2 is 1.65 bits per heavy atom. The Morgan fingerprint density at radius 1 is 0.950 bits per heavy atom. The number of benzene rings is 2. The molecule has 5 heteroatoms. The molecule has 0 radical (unpaired) electrons. The van der Waals surface area contributed by atoms with Crippen LogP contribution in [0.4, 0.5) is 0 Å². The molecule has 0 saturated heterocycles. The molecule has 0 heterocycles. The second-order valence-electron chi connectivity index (χ2n) is 4.14. The third-order valence-electron chi connectivity index (χ3n) is 2.95. The lowest BCUT2D eigenvalue weighted by Crippen LogP contribution is -1.98. The van der Waals surface area contributed by atoms with Gasteiger partial charge in [0.2, 0.25) is 0 Å². The summed E-state index contributed by atoms with van der Waals surface area (Å²) in [5.41, 5.74) is 1.90. The second kappa shape index (κ2) is 6.70. The molecule has 2 aromatic rings. The van der Waals surface area contributed by atoms with E-state index in [0.29, 0.717) is 10.0 Å². The van der Waals surface area contributed by atoms with Crippen molar-refractivity contribution in [1.82, 2.24) is 0 Å². The minimum absolute atomic E-state index is 0.0897. The molecule has 0 fully saturated rings. The first-order chi connectivity index (χ1) is 9.56. The van der Waals surface area contributed by atoms with E-state index in [2.05, 4.69) is 15.9 Å². The van der Waals surface area contributed by atoms with Crippen LogP contribution in [0.25, 0.3) is 0 Å². The minimum atomic E-state index is -0.0897. The second-order valence-corrected chi connectivity index (χ2v) is 5.90. The quantitative estimate of drug-likeness (QED) is 0.657. The Balaban J connectivity index is 2.44. The molecular weight excluding hydrogens is 363 g/mol. The highest BCUT2D eigenvalue weighted by molar-refractivity contribution is 9.09. The SMILES string of the molecule is COc1ccc(C(Br)c2ccc(Cl)cc2Cl)c(OC)c1. The molecule has 0 saturated carbocycles. The summed E-state index contributed by atoms with van der Waals surface area (Å²) in [5, 5.41) is 1.22. The van der Waals surface area contributed by atoms with E-state index in [4.69, 9.17) is 32.7 Å². The van der Waals surface area contributed by atoms with Crippen molar-refractivity contribution >= 4 is 39.1 Å². The first kappa shape index (κ1) is 15.5. The largest absolute Gasteiger partial charge is 0.497 e. The van der Waals surface area contributed by atoms with Gasteiger partial charge in [0.15, 0.2) is 0 Å². The highest BCUT2D eigenvalue weighted by Gasteiger charge is 2.18. The van der Waals surface area contributed by atoms with Crippen molar-refractivity contribution in [2.75, 3.05) is 14.2 Å². The Morgan fingerprint density at radius 3 is 2.25 bits per heavy atom. The van der Waals surface area contributed by atoms with Gasteiger partial charge in [-0.05, 0) is 23.8 Å². The van der Waals surface area contributed by atoms with Crippen LogP contribution in [0.1, 0.15) is 16.0 Å². The van der Waals surface area contributed by atoms with Crippen LogP contribution >= 0.6 is 39.1 Å². The van der Waals surface area contributed by atoms with Gasteiger partial charge in [0, 0.05) is 21.7 Å². The van der Waals surface area contributed by atoms with Crippen LogP contribution < -0.4 is 9.47 Å². The van der Waals surface area contributed by atoms with Crippen molar-refractivity contribution in [2.24, 2.45) is 0 Å². The molecule has 0 spiro atoms. The molecule has 2 nitrogen and oxygen atoms in total. The normalized spacial score (nSPS) is 12.1. The Kier molecular flexibility index (Phi) is 5.19. The molecule has 0 aromatic heterocycles. The van der Waals surface area contributed by atoms with E-state index >= 15 is 0 Å². The van der Waals surface area contributed by atoms with Crippen LogP contribution in [0.2, 0.25) is 10.0 Å². The number of rotatable bonds is 4. The molecule has 0 aliphatic heterocycles. The maximum Gasteiger partial charge on any atom is 0.127 e. The van der Waals surface area contributed by atoms with Gasteiger partial charge >= 0.3 is 0 Å². The Hall–Kier alpha value is -0.900. The molecule has 0 amide bonds. The predicted molar refractivity (Wildman–Crippen MR) is 86.8 cm³/mol. The molecule has 0 aliphatic rings. The van der Waals surface area contributed by atoms with Crippen LogP contribution in [-0.4, -0.2) is 14.2 Å². The lowest BCUT2D eigenvalue weighted by molar-refractivity contribution is 0.391. The standard InChI is InChI=1S/C15H13BrCl2O2/c1-19-10-4-6-12(14(8-10)20-2)15(16)11-5-3-9(17)7-13(11)18/h3-8,15H,1-2H3.